The first-order valence-corrected chi connectivity index (χ1v) is 10.2. The van der Waals surface area contributed by atoms with Crippen LogP contribution in [0.15, 0.2) is 71.5 Å². The van der Waals surface area contributed by atoms with E-state index in [-0.39, 0.29) is 12.2 Å². The number of aromatic nitrogens is 1. The highest BCUT2D eigenvalue weighted by Crippen LogP contribution is 2.38. The predicted molar refractivity (Wildman–Crippen MR) is 118 cm³/mol. The Bertz CT molecular complexity index is 1250. The van der Waals surface area contributed by atoms with Crippen molar-refractivity contribution < 1.29 is 9.53 Å². The number of esters is 1. The summed E-state index contributed by atoms with van der Waals surface area (Å²) >= 11 is 7.33. The lowest BCUT2D eigenvalue weighted by Gasteiger charge is -2.09. The Morgan fingerprint density at radius 2 is 1.90 bits per heavy atom. The second-order valence-electron chi connectivity index (χ2n) is 6.22. The van der Waals surface area contributed by atoms with Gasteiger partial charge in [0.2, 0.25) is 0 Å². The Balaban J connectivity index is 1.96. The number of carbonyl (C=O) groups is 1. The molecule has 0 saturated heterocycles. The molecule has 2 heterocycles. The minimum atomic E-state index is -0.440. The molecule has 0 saturated carbocycles. The van der Waals surface area contributed by atoms with Gasteiger partial charge in [0.05, 0.1) is 18.0 Å². The number of rotatable bonds is 5. The quantitative estimate of drug-likeness (QED) is 0.422. The van der Waals surface area contributed by atoms with Crippen molar-refractivity contribution in [3.05, 3.63) is 87.0 Å². The van der Waals surface area contributed by atoms with Gasteiger partial charge in [-0.05, 0) is 43.3 Å². The maximum Gasteiger partial charge on any atom is 0.350 e. The number of hydrogen-bond donors (Lipinski definition) is 1. The number of pyridine rings is 1. The third-order valence-corrected chi connectivity index (χ3v) is 5.72. The number of ether oxygens (including phenoxy) is 1. The van der Waals surface area contributed by atoms with Gasteiger partial charge in [-0.3, -0.25) is 9.36 Å². The number of anilines is 2. The molecular formula is C22H17ClN2O3S. The molecule has 0 aliphatic carbocycles. The first-order chi connectivity index (χ1) is 14.1. The fourth-order valence-electron chi connectivity index (χ4n) is 3.08. The van der Waals surface area contributed by atoms with Crippen LogP contribution in [0.1, 0.15) is 16.6 Å². The third-order valence-electron chi connectivity index (χ3n) is 4.31. The zero-order valence-electron chi connectivity index (χ0n) is 15.5. The van der Waals surface area contributed by atoms with E-state index in [4.69, 9.17) is 16.3 Å². The van der Waals surface area contributed by atoms with Gasteiger partial charge in [-0.25, -0.2) is 4.79 Å². The van der Waals surface area contributed by atoms with Gasteiger partial charge in [-0.2, -0.15) is 0 Å². The van der Waals surface area contributed by atoms with Crippen LogP contribution in [-0.4, -0.2) is 17.1 Å². The number of fused-ring (bicyclic) bond motifs is 1. The molecule has 0 unspecified atom stereocenters. The van der Waals surface area contributed by atoms with E-state index in [1.165, 1.54) is 17.4 Å². The van der Waals surface area contributed by atoms with Gasteiger partial charge in [0.1, 0.15) is 9.71 Å². The van der Waals surface area contributed by atoms with Crippen molar-refractivity contribution in [1.82, 2.24) is 4.57 Å². The minimum absolute atomic E-state index is 0.172. The van der Waals surface area contributed by atoms with Crippen LogP contribution < -0.4 is 10.9 Å². The number of halogens is 1. The van der Waals surface area contributed by atoms with Gasteiger partial charge in [0.15, 0.2) is 0 Å². The van der Waals surface area contributed by atoms with Gasteiger partial charge in [0, 0.05) is 22.2 Å². The molecule has 0 spiro atoms. The Labute approximate surface area is 176 Å². The summed E-state index contributed by atoms with van der Waals surface area (Å²) in [6, 6.07) is 19.8. The highest BCUT2D eigenvalue weighted by molar-refractivity contribution is 7.21. The van der Waals surface area contributed by atoms with Crippen molar-refractivity contribution in [1.29, 1.82) is 0 Å². The Morgan fingerprint density at radius 1 is 1.10 bits per heavy atom. The topological polar surface area (TPSA) is 60.3 Å². The molecule has 4 aromatic rings. The maximum absolute atomic E-state index is 12.7. The standard InChI is InChI=1S/C22H17ClN2O3S/c1-2-28-22(27)20-19(24-15-8-6-7-14(23)13-15)17-11-12-18(26)25(21(17)29-20)16-9-4-3-5-10-16/h3-13,24H,2H2,1H3. The van der Waals surface area contributed by atoms with Crippen LogP contribution >= 0.6 is 22.9 Å². The highest BCUT2D eigenvalue weighted by atomic mass is 35.5. The van der Waals surface area contributed by atoms with E-state index in [1.54, 1.807) is 29.7 Å². The number of hydrogen-bond acceptors (Lipinski definition) is 5. The number of nitrogens with one attached hydrogen (secondary N) is 1. The van der Waals surface area contributed by atoms with E-state index in [1.807, 2.05) is 42.5 Å². The predicted octanol–water partition coefficient (Wildman–Crippen LogP) is 5.63. The summed E-state index contributed by atoms with van der Waals surface area (Å²) in [6.07, 6.45) is 0. The number of benzene rings is 2. The van der Waals surface area contributed by atoms with Crippen LogP contribution in [0.25, 0.3) is 15.9 Å². The summed E-state index contributed by atoms with van der Waals surface area (Å²) < 4.78 is 6.86. The molecule has 146 valence electrons. The van der Waals surface area contributed by atoms with E-state index >= 15 is 0 Å². The molecule has 1 N–H and O–H groups in total. The molecule has 29 heavy (non-hydrogen) atoms. The van der Waals surface area contributed by atoms with E-state index < -0.39 is 5.97 Å². The lowest BCUT2D eigenvalue weighted by molar-refractivity contribution is 0.0533. The maximum atomic E-state index is 12.7. The molecule has 0 fully saturated rings. The summed E-state index contributed by atoms with van der Waals surface area (Å²) in [6.45, 7) is 2.02. The molecule has 0 radical (unpaired) electrons. The number of para-hydroxylation sites is 1. The van der Waals surface area contributed by atoms with Crippen LogP contribution in [0.5, 0.6) is 0 Å². The number of nitrogens with zero attached hydrogens (tertiary/aromatic N) is 1. The van der Waals surface area contributed by atoms with Crippen molar-refractivity contribution >= 4 is 50.5 Å². The molecule has 7 heteroatoms. The normalized spacial score (nSPS) is 10.8. The average molecular weight is 425 g/mol. The first-order valence-electron chi connectivity index (χ1n) is 9.02. The van der Waals surface area contributed by atoms with Gasteiger partial charge in [-0.1, -0.05) is 35.9 Å². The third kappa shape index (κ3) is 3.77. The van der Waals surface area contributed by atoms with Crippen molar-refractivity contribution in [2.45, 2.75) is 6.92 Å². The molecule has 0 aliphatic heterocycles. The zero-order chi connectivity index (χ0) is 20.4. The van der Waals surface area contributed by atoms with E-state index in [2.05, 4.69) is 5.32 Å². The van der Waals surface area contributed by atoms with Crippen molar-refractivity contribution in [2.75, 3.05) is 11.9 Å². The average Bonchev–Trinajstić information content (AvgIpc) is 3.07. The Kier molecular flexibility index (Phi) is 5.38. The molecule has 2 aromatic heterocycles. The summed E-state index contributed by atoms with van der Waals surface area (Å²) in [5, 5.41) is 4.61. The SMILES string of the molecule is CCOC(=O)c1sc2c(ccc(=O)n2-c2ccccc2)c1Nc1cccc(Cl)c1. The smallest absolute Gasteiger partial charge is 0.350 e. The lowest BCUT2D eigenvalue weighted by atomic mass is 10.2. The van der Waals surface area contributed by atoms with Crippen molar-refractivity contribution in [3.63, 3.8) is 0 Å². The van der Waals surface area contributed by atoms with Gasteiger partial charge in [0.25, 0.3) is 5.56 Å². The van der Waals surface area contributed by atoms with Crippen LogP contribution in [0.3, 0.4) is 0 Å². The van der Waals surface area contributed by atoms with Gasteiger partial charge < -0.3 is 10.1 Å². The number of thiophene rings is 1. The molecule has 0 bridgehead atoms. The van der Waals surface area contributed by atoms with Crippen LogP contribution in [-0.2, 0) is 4.74 Å². The lowest BCUT2D eigenvalue weighted by Crippen LogP contribution is -2.16. The number of carbonyl (C=O) groups excluding carboxylic acids is 1. The molecule has 0 atom stereocenters. The van der Waals surface area contributed by atoms with Crippen LogP contribution in [0.4, 0.5) is 11.4 Å². The molecule has 4 rings (SSSR count). The Morgan fingerprint density at radius 3 is 2.62 bits per heavy atom. The van der Waals surface area contributed by atoms with Gasteiger partial charge >= 0.3 is 5.97 Å². The second-order valence-corrected chi connectivity index (χ2v) is 7.66. The van der Waals surface area contributed by atoms with Crippen LogP contribution in [0, 0.1) is 0 Å². The summed E-state index contributed by atoms with van der Waals surface area (Å²) in [4.78, 5) is 26.4. The van der Waals surface area contributed by atoms with Gasteiger partial charge in [-0.15, -0.1) is 11.3 Å². The fraction of sp³-hybridized carbons (Fsp3) is 0.0909. The van der Waals surface area contributed by atoms with Crippen molar-refractivity contribution in [3.8, 4) is 5.69 Å². The summed E-state index contributed by atoms with van der Waals surface area (Å²) in [5.74, 6) is -0.440. The monoisotopic (exact) mass is 424 g/mol. The first kappa shape index (κ1) is 19.2. The summed E-state index contributed by atoms with van der Waals surface area (Å²) in [7, 11) is 0. The van der Waals surface area contributed by atoms with E-state index in [9.17, 15) is 9.59 Å². The molecule has 0 amide bonds. The van der Waals surface area contributed by atoms with Crippen molar-refractivity contribution in [2.24, 2.45) is 0 Å². The van der Waals surface area contributed by atoms with Crippen LogP contribution in [0.2, 0.25) is 5.02 Å². The molecule has 0 aliphatic rings. The highest BCUT2D eigenvalue weighted by Gasteiger charge is 2.22. The second kappa shape index (κ2) is 8.11. The molecule has 2 aromatic carbocycles. The summed E-state index contributed by atoms with van der Waals surface area (Å²) in [5.41, 5.74) is 1.89. The zero-order valence-corrected chi connectivity index (χ0v) is 17.1. The molecular weight excluding hydrogens is 408 g/mol. The van der Waals surface area contributed by atoms with E-state index in [0.29, 0.717) is 20.4 Å². The Hall–Kier alpha value is -3.09. The fourth-order valence-corrected chi connectivity index (χ4v) is 4.43. The minimum Gasteiger partial charge on any atom is -0.462 e. The largest absolute Gasteiger partial charge is 0.462 e. The molecule has 5 nitrogen and oxygen atoms in total. The van der Waals surface area contributed by atoms with E-state index in [0.717, 1.165) is 16.8 Å².